The Kier molecular flexibility index (Phi) is 13.2. The molecule has 2 rings (SSSR count). The maximum atomic E-state index is 11.4. The molecule has 4 heteroatoms. The van der Waals surface area contributed by atoms with Gasteiger partial charge in [-0.1, -0.05) is 52.0 Å². The Bertz CT molecular complexity index is 577. The van der Waals surface area contributed by atoms with E-state index in [4.69, 9.17) is 16.3 Å². The van der Waals surface area contributed by atoms with E-state index in [0.29, 0.717) is 18.1 Å². The average Bonchev–Trinajstić information content (AvgIpc) is 2.71. The smallest absolute Gasteiger partial charge is 0.337 e. The zero-order chi connectivity index (χ0) is 19.1. The molecular formula is C21H29ClO3. The minimum Gasteiger partial charge on any atom is -0.494 e. The number of carbonyl (C=O) groups excluding carboxylic acids is 1. The minimum atomic E-state index is -0.329. The summed E-state index contributed by atoms with van der Waals surface area (Å²) < 4.78 is 10.2. The predicted molar refractivity (Wildman–Crippen MR) is 107 cm³/mol. The average molecular weight is 365 g/mol. The lowest BCUT2D eigenvalue weighted by Crippen LogP contribution is -2.00. The lowest BCUT2D eigenvalue weighted by molar-refractivity contribution is 0.0601. The molecule has 138 valence electrons. The second kappa shape index (κ2) is 14.4. The van der Waals surface area contributed by atoms with Crippen molar-refractivity contribution in [1.82, 2.24) is 0 Å². The number of hydrogen-bond donors (Lipinski definition) is 0. The molecule has 0 amide bonds. The Balaban J connectivity index is 0.00000134. The lowest BCUT2D eigenvalue weighted by atomic mass is 10.0. The Morgan fingerprint density at radius 2 is 1.36 bits per heavy atom. The van der Waals surface area contributed by atoms with Gasteiger partial charge in [0.05, 0.1) is 19.3 Å². The number of esters is 1. The summed E-state index contributed by atoms with van der Waals surface area (Å²) in [5.74, 6) is 1.10. The first-order valence-electron chi connectivity index (χ1n) is 8.72. The minimum absolute atomic E-state index is 0.329. The molecule has 0 aliphatic rings. The van der Waals surface area contributed by atoms with Crippen LogP contribution in [0.5, 0.6) is 5.75 Å². The molecule has 0 fully saturated rings. The van der Waals surface area contributed by atoms with Gasteiger partial charge in [0.1, 0.15) is 5.75 Å². The molecular weight excluding hydrogens is 336 g/mol. The molecule has 2 aromatic carbocycles. The predicted octanol–water partition coefficient (Wildman–Crippen LogP) is 6.20. The molecule has 0 saturated heterocycles. The van der Waals surface area contributed by atoms with Crippen LogP contribution in [0.1, 0.15) is 44.5 Å². The van der Waals surface area contributed by atoms with Crippen LogP contribution >= 0.6 is 11.6 Å². The first kappa shape index (κ1) is 23.0. The van der Waals surface area contributed by atoms with Crippen molar-refractivity contribution in [3.8, 4) is 16.9 Å². The quantitative estimate of drug-likeness (QED) is 0.347. The normalized spacial score (nSPS) is 9.04. The van der Waals surface area contributed by atoms with Gasteiger partial charge in [-0.2, -0.15) is 0 Å². The molecule has 2 aromatic rings. The van der Waals surface area contributed by atoms with Crippen molar-refractivity contribution < 1.29 is 14.3 Å². The number of methoxy groups -OCH3 is 1. The third-order valence-corrected chi connectivity index (χ3v) is 3.31. The Morgan fingerprint density at radius 1 is 0.880 bits per heavy atom. The van der Waals surface area contributed by atoms with E-state index in [2.05, 4.69) is 4.74 Å². The van der Waals surface area contributed by atoms with Crippen LogP contribution < -0.4 is 4.74 Å². The van der Waals surface area contributed by atoms with Gasteiger partial charge in [0.15, 0.2) is 0 Å². The van der Waals surface area contributed by atoms with Gasteiger partial charge in [-0.25, -0.2) is 4.79 Å². The van der Waals surface area contributed by atoms with Crippen LogP contribution in [-0.2, 0) is 4.74 Å². The fraction of sp³-hybridized carbons (Fsp3) is 0.381. The molecule has 25 heavy (non-hydrogen) atoms. The summed E-state index contributed by atoms with van der Waals surface area (Å²) in [5.41, 5.74) is 2.65. The molecule has 0 saturated carbocycles. The zero-order valence-corrected chi connectivity index (χ0v) is 16.6. The van der Waals surface area contributed by atoms with Crippen LogP contribution in [-0.4, -0.2) is 25.6 Å². The summed E-state index contributed by atoms with van der Waals surface area (Å²) in [7, 11) is 1.37. The number of carbonyl (C=O) groups is 1. The summed E-state index contributed by atoms with van der Waals surface area (Å²) in [6, 6.07) is 15.1. The number of rotatable bonds is 6. The second-order valence-electron chi connectivity index (χ2n) is 4.48. The van der Waals surface area contributed by atoms with E-state index in [0.717, 1.165) is 23.3 Å². The molecule has 0 N–H and O–H groups in total. The van der Waals surface area contributed by atoms with Crippen molar-refractivity contribution in [2.45, 2.75) is 34.1 Å². The van der Waals surface area contributed by atoms with Gasteiger partial charge in [-0.15, -0.1) is 11.6 Å². The topological polar surface area (TPSA) is 35.5 Å². The third kappa shape index (κ3) is 8.08. The second-order valence-corrected chi connectivity index (χ2v) is 4.86. The lowest BCUT2D eigenvalue weighted by Gasteiger charge is -2.07. The largest absolute Gasteiger partial charge is 0.494 e. The highest BCUT2D eigenvalue weighted by atomic mass is 35.5. The van der Waals surface area contributed by atoms with Crippen molar-refractivity contribution in [3.63, 3.8) is 0 Å². The summed E-state index contributed by atoms with van der Waals surface area (Å²) in [4.78, 5) is 11.4. The fourth-order valence-corrected chi connectivity index (χ4v) is 2.01. The van der Waals surface area contributed by atoms with E-state index >= 15 is 0 Å². The molecule has 0 heterocycles. The first-order chi connectivity index (χ1) is 12.2. The van der Waals surface area contributed by atoms with Crippen molar-refractivity contribution >= 4 is 17.6 Å². The standard InChI is InChI=1S/C17H17ClO3.2C2H6/c1-20-17(19)15-5-3-13(4-6-15)14-7-9-16(10-8-14)21-12-2-11-18;2*1-2/h3-10H,2,11-12H2,1H3;2*1-2H3. The van der Waals surface area contributed by atoms with Crippen LogP contribution in [0, 0.1) is 0 Å². The summed E-state index contributed by atoms with van der Waals surface area (Å²) >= 11 is 5.61. The molecule has 0 aliphatic carbocycles. The van der Waals surface area contributed by atoms with E-state index < -0.39 is 0 Å². The highest BCUT2D eigenvalue weighted by Crippen LogP contribution is 2.23. The van der Waals surface area contributed by atoms with Gasteiger partial charge in [0, 0.05) is 5.88 Å². The van der Waals surface area contributed by atoms with Crippen molar-refractivity contribution in [1.29, 1.82) is 0 Å². The molecule has 0 bridgehead atoms. The highest BCUT2D eigenvalue weighted by molar-refractivity contribution is 6.17. The highest BCUT2D eigenvalue weighted by Gasteiger charge is 2.05. The van der Waals surface area contributed by atoms with Crippen molar-refractivity contribution in [2.24, 2.45) is 0 Å². The monoisotopic (exact) mass is 364 g/mol. The molecule has 0 unspecified atom stereocenters. The summed E-state index contributed by atoms with van der Waals surface area (Å²) in [6.07, 6.45) is 0.832. The van der Waals surface area contributed by atoms with E-state index in [1.807, 2.05) is 64.1 Å². The number of alkyl halides is 1. The Morgan fingerprint density at radius 3 is 1.80 bits per heavy atom. The van der Waals surface area contributed by atoms with Crippen LogP contribution in [0.15, 0.2) is 48.5 Å². The molecule has 0 aliphatic heterocycles. The van der Waals surface area contributed by atoms with Gasteiger partial charge in [-0.05, 0) is 41.8 Å². The molecule has 0 aromatic heterocycles. The molecule has 0 radical (unpaired) electrons. The van der Waals surface area contributed by atoms with Crippen molar-refractivity contribution in [3.05, 3.63) is 54.1 Å². The van der Waals surface area contributed by atoms with E-state index in [1.54, 1.807) is 12.1 Å². The number of benzene rings is 2. The van der Waals surface area contributed by atoms with Gasteiger partial charge in [0.2, 0.25) is 0 Å². The van der Waals surface area contributed by atoms with E-state index in [1.165, 1.54) is 7.11 Å². The third-order valence-electron chi connectivity index (χ3n) is 3.04. The van der Waals surface area contributed by atoms with Crippen LogP contribution in [0.2, 0.25) is 0 Å². The Labute approximate surface area is 156 Å². The maximum absolute atomic E-state index is 11.4. The van der Waals surface area contributed by atoms with Crippen molar-refractivity contribution in [2.75, 3.05) is 19.6 Å². The SMILES string of the molecule is CC.CC.COC(=O)c1ccc(-c2ccc(OCCCCl)cc2)cc1. The number of ether oxygens (including phenoxy) is 2. The van der Waals surface area contributed by atoms with Crippen LogP contribution in [0.25, 0.3) is 11.1 Å². The first-order valence-corrected chi connectivity index (χ1v) is 9.25. The fourth-order valence-electron chi connectivity index (χ4n) is 1.90. The summed E-state index contributed by atoms with van der Waals surface area (Å²) in [5, 5.41) is 0. The number of halogens is 1. The molecule has 3 nitrogen and oxygen atoms in total. The van der Waals surface area contributed by atoms with Gasteiger partial charge < -0.3 is 9.47 Å². The maximum Gasteiger partial charge on any atom is 0.337 e. The van der Waals surface area contributed by atoms with E-state index in [9.17, 15) is 4.79 Å². The molecule has 0 spiro atoms. The summed E-state index contributed by atoms with van der Waals surface area (Å²) in [6.45, 7) is 8.62. The van der Waals surface area contributed by atoms with Gasteiger partial charge in [0.25, 0.3) is 0 Å². The zero-order valence-electron chi connectivity index (χ0n) is 15.8. The Hall–Kier alpha value is -2.00. The van der Waals surface area contributed by atoms with Gasteiger partial charge in [-0.3, -0.25) is 0 Å². The number of hydrogen-bond acceptors (Lipinski definition) is 3. The van der Waals surface area contributed by atoms with Crippen LogP contribution in [0.4, 0.5) is 0 Å². The van der Waals surface area contributed by atoms with Crippen LogP contribution in [0.3, 0.4) is 0 Å². The molecule has 0 atom stereocenters. The van der Waals surface area contributed by atoms with Gasteiger partial charge >= 0.3 is 5.97 Å². The van der Waals surface area contributed by atoms with E-state index in [-0.39, 0.29) is 5.97 Å².